The van der Waals surface area contributed by atoms with E-state index in [-0.39, 0.29) is 0 Å². The number of rotatable bonds is 5. The van der Waals surface area contributed by atoms with E-state index in [4.69, 9.17) is 9.52 Å². The summed E-state index contributed by atoms with van der Waals surface area (Å²) in [4.78, 5) is 9.52. The predicted molar refractivity (Wildman–Crippen MR) is 104 cm³/mol. The van der Waals surface area contributed by atoms with Crippen LogP contribution in [0.25, 0.3) is 0 Å². The van der Waals surface area contributed by atoms with Crippen molar-refractivity contribution in [3.05, 3.63) is 35.0 Å². The van der Waals surface area contributed by atoms with Crippen molar-refractivity contribution in [2.24, 2.45) is 4.99 Å². The Bertz CT molecular complexity index is 671. The maximum atomic E-state index is 5.40. The Kier molecular flexibility index (Phi) is 5.96. The van der Waals surface area contributed by atoms with E-state index in [2.05, 4.69) is 58.6 Å². The Labute approximate surface area is 153 Å². The fourth-order valence-electron chi connectivity index (χ4n) is 2.84. The molecule has 0 amide bonds. The summed E-state index contributed by atoms with van der Waals surface area (Å²) in [5, 5.41) is 11.0. The van der Waals surface area contributed by atoms with Gasteiger partial charge < -0.3 is 19.6 Å². The Morgan fingerprint density at radius 1 is 1.36 bits per heavy atom. The number of nitrogens with one attached hydrogen (secondary N) is 1. The molecular weight excluding hydrogens is 334 g/mol. The second-order valence-corrected chi connectivity index (χ2v) is 7.39. The first kappa shape index (κ1) is 17.8. The highest BCUT2D eigenvalue weighted by Gasteiger charge is 2.20. The third kappa shape index (κ3) is 4.54. The third-order valence-electron chi connectivity index (χ3n) is 4.29. The molecule has 1 aliphatic rings. The Morgan fingerprint density at radius 2 is 2.16 bits per heavy atom. The lowest BCUT2D eigenvalue weighted by Gasteiger charge is -2.37. The Morgan fingerprint density at radius 3 is 2.76 bits per heavy atom. The first-order valence-corrected chi connectivity index (χ1v) is 9.82. The van der Waals surface area contributed by atoms with Crippen molar-refractivity contribution in [3.8, 4) is 0 Å². The zero-order chi connectivity index (χ0) is 17.6. The van der Waals surface area contributed by atoms with Gasteiger partial charge in [-0.3, -0.25) is 0 Å². The van der Waals surface area contributed by atoms with Crippen LogP contribution in [-0.4, -0.2) is 48.7 Å². The third-order valence-corrected chi connectivity index (χ3v) is 5.21. The van der Waals surface area contributed by atoms with Crippen LogP contribution in [0.15, 0.2) is 33.1 Å². The van der Waals surface area contributed by atoms with Crippen molar-refractivity contribution in [2.45, 2.75) is 33.2 Å². The van der Waals surface area contributed by atoms with Crippen LogP contribution in [0.5, 0.6) is 0 Å². The number of guanidine groups is 1. The maximum Gasteiger partial charge on any atom is 0.194 e. The van der Waals surface area contributed by atoms with Crippen molar-refractivity contribution >= 4 is 22.3 Å². The second kappa shape index (κ2) is 8.38. The zero-order valence-corrected chi connectivity index (χ0v) is 16.1. The van der Waals surface area contributed by atoms with Gasteiger partial charge in [0.1, 0.15) is 6.54 Å². The van der Waals surface area contributed by atoms with Gasteiger partial charge in [0.15, 0.2) is 11.7 Å². The molecule has 0 aliphatic carbocycles. The van der Waals surface area contributed by atoms with E-state index in [1.807, 2.05) is 6.07 Å². The smallest absolute Gasteiger partial charge is 0.194 e. The van der Waals surface area contributed by atoms with Gasteiger partial charge in [0.05, 0.1) is 10.7 Å². The van der Waals surface area contributed by atoms with Crippen molar-refractivity contribution < 1.29 is 4.52 Å². The highest BCUT2D eigenvalue weighted by molar-refractivity contribution is 7.14. The van der Waals surface area contributed by atoms with E-state index in [0.717, 1.165) is 50.1 Å². The molecule has 1 aliphatic heterocycles. The van der Waals surface area contributed by atoms with Gasteiger partial charge in [0, 0.05) is 38.8 Å². The molecule has 3 rings (SSSR count). The number of aliphatic imine (C=N–C) groups is 1. The highest BCUT2D eigenvalue weighted by atomic mass is 32.1. The molecule has 0 saturated carbocycles. The van der Waals surface area contributed by atoms with Crippen LogP contribution in [0.1, 0.15) is 38.1 Å². The minimum atomic E-state index is 0.375. The molecular formula is C18H27N5OS. The maximum absolute atomic E-state index is 5.40. The van der Waals surface area contributed by atoms with E-state index >= 15 is 0 Å². The van der Waals surface area contributed by atoms with Crippen molar-refractivity contribution in [2.75, 3.05) is 37.6 Å². The second-order valence-electron chi connectivity index (χ2n) is 6.47. The molecule has 0 atom stereocenters. The zero-order valence-electron chi connectivity index (χ0n) is 15.2. The number of hydrogen-bond acceptors (Lipinski definition) is 5. The summed E-state index contributed by atoms with van der Waals surface area (Å²) in [6.45, 7) is 11.7. The molecule has 3 heterocycles. The van der Waals surface area contributed by atoms with E-state index in [1.54, 1.807) is 11.3 Å². The average Bonchev–Trinajstić information content (AvgIpc) is 3.30. The fraction of sp³-hybridized carbons (Fsp3) is 0.556. The molecule has 0 aromatic carbocycles. The summed E-state index contributed by atoms with van der Waals surface area (Å²) in [7, 11) is 0. The summed E-state index contributed by atoms with van der Waals surface area (Å²) >= 11 is 1.80. The molecule has 0 radical (unpaired) electrons. The van der Waals surface area contributed by atoms with Crippen molar-refractivity contribution in [3.63, 3.8) is 0 Å². The topological polar surface area (TPSA) is 56.9 Å². The molecule has 0 unspecified atom stereocenters. The summed E-state index contributed by atoms with van der Waals surface area (Å²) in [6, 6.07) is 6.31. The molecule has 25 heavy (non-hydrogen) atoms. The molecule has 0 spiro atoms. The lowest BCUT2D eigenvalue weighted by Crippen LogP contribution is -2.52. The van der Waals surface area contributed by atoms with Gasteiger partial charge >= 0.3 is 0 Å². The molecule has 136 valence electrons. The highest BCUT2D eigenvalue weighted by Crippen LogP contribution is 2.22. The minimum absolute atomic E-state index is 0.375. The molecule has 2 aromatic heterocycles. The van der Waals surface area contributed by atoms with Gasteiger partial charge in [-0.1, -0.05) is 19.0 Å². The number of piperazine rings is 1. The first-order valence-electron chi connectivity index (χ1n) is 8.94. The van der Waals surface area contributed by atoms with Crippen molar-refractivity contribution in [1.82, 2.24) is 15.4 Å². The lowest BCUT2D eigenvalue weighted by atomic mass is 10.1. The van der Waals surface area contributed by atoms with Gasteiger partial charge in [0.25, 0.3) is 0 Å². The van der Waals surface area contributed by atoms with Crippen LogP contribution in [0.3, 0.4) is 0 Å². The van der Waals surface area contributed by atoms with Crippen LogP contribution in [0.2, 0.25) is 0 Å². The van der Waals surface area contributed by atoms with Crippen LogP contribution in [-0.2, 0) is 6.54 Å². The molecule has 0 bridgehead atoms. The molecule has 1 N–H and O–H groups in total. The Balaban J connectivity index is 1.60. The van der Waals surface area contributed by atoms with E-state index < -0.39 is 0 Å². The largest absolute Gasteiger partial charge is 0.360 e. The summed E-state index contributed by atoms with van der Waals surface area (Å²) in [5.41, 5.74) is 0.986. The number of nitrogens with zero attached hydrogens (tertiary/aromatic N) is 4. The summed E-state index contributed by atoms with van der Waals surface area (Å²) in [5.74, 6) is 2.15. The van der Waals surface area contributed by atoms with Crippen LogP contribution in [0.4, 0.5) is 5.00 Å². The molecule has 1 fully saturated rings. The monoisotopic (exact) mass is 361 g/mol. The van der Waals surface area contributed by atoms with Gasteiger partial charge in [-0.15, -0.1) is 11.3 Å². The number of aromatic nitrogens is 1. The van der Waals surface area contributed by atoms with Crippen LogP contribution < -0.4 is 10.2 Å². The quantitative estimate of drug-likeness (QED) is 0.655. The standard InChI is InChI=1S/C18H27N5OS/c1-4-19-18(20-13-15-12-16(14(2)3)21-24-15)23-9-7-22(8-10-23)17-6-5-11-25-17/h5-6,11-12,14H,4,7-10,13H2,1-3H3,(H,19,20). The van der Waals surface area contributed by atoms with Crippen LogP contribution in [0, 0.1) is 0 Å². The first-order chi connectivity index (χ1) is 12.2. The van der Waals surface area contributed by atoms with Crippen molar-refractivity contribution in [1.29, 1.82) is 0 Å². The van der Waals surface area contributed by atoms with Crippen LogP contribution >= 0.6 is 11.3 Å². The molecule has 2 aromatic rings. The minimum Gasteiger partial charge on any atom is -0.360 e. The summed E-state index contributed by atoms with van der Waals surface area (Å²) in [6.07, 6.45) is 0. The molecule has 1 saturated heterocycles. The molecule has 7 heteroatoms. The SMILES string of the molecule is CCNC(=NCc1cc(C(C)C)no1)N1CCN(c2cccs2)CC1. The van der Waals surface area contributed by atoms with E-state index in [9.17, 15) is 0 Å². The lowest BCUT2D eigenvalue weighted by molar-refractivity contribution is 0.364. The van der Waals surface area contributed by atoms with Gasteiger partial charge in [-0.2, -0.15) is 0 Å². The Hall–Kier alpha value is -2.02. The number of anilines is 1. The summed E-state index contributed by atoms with van der Waals surface area (Å²) < 4.78 is 5.40. The number of thiophene rings is 1. The average molecular weight is 362 g/mol. The van der Waals surface area contributed by atoms with Gasteiger partial charge in [-0.25, -0.2) is 4.99 Å². The normalized spacial score (nSPS) is 15.9. The number of hydrogen-bond donors (Lipinski definition) is 1. The van der Waals surface area contributed by atoms with Gasteiger partial charge in [0.2, 0.25) is 0 Å². The van der Waals surface area contributed by atoms with E-state index in [0.29, 0.717) is 12.5 Å². The van der Waals surface area contributed by atoms with E-state index in [1.165, 1.54) is 5.00 Å². The van der Waals surface area contributed by atoms with Gasteiger partial charge in [-0.05, 0) is 30.4 Å². The fourth-order valence-corrected chi connectivity index (χ4v) is 3.63. The molecule has 6 nitrogen and oxygen atoms in total. The predicted octanol–water partition coefficient (Wildman–Crippen LogP) is 3.15.